The van der Waals surface area contributed by atoms with Crippen molar-refractivity contribution in [2.45, 2.75) is 37.6 Å². The third kappa shape index (κ3) is 2.63. The number of rotatable bonds is 0. The van der Waals surface area contributed by atoms with Crippen molar-refractivity contribution >= 4 is 11.6 Å². The van der Waals surface area contributed by atoms with Gasteiger partial charge in [-0.05, 0) is 31.9 Å². The van der Waals surface area contributed by atoms with Crippen LogP contribution in [0.2, 0.25) is 0 Å². The van der Waals surface area contributed by atoms with Crippen molar-refractivity contribution < 1.29 is 31.5 Å². The highest BCUT2D eigenvalue weighted by Gasteiger charge is 2.62. The highest BCUT2D eigenvalue weighted by Crippen LogP contribution is 2.48. The summed E-state index contributed by atoms with van der Waals surface area (Å²) in [6.45, 7) is 1.09. The molecular formula is C16H12F5NO2. The van der Waals surface area contributed by atoms with E-state index in [9.17, 15) is 26.7 Å². The first-order chi connectivity index (χ1) is 11.2. The van der Waals surface area contributed by atoms with E-state index in [0.29, 0.717) is 18.9 Å². The summed E-state index contributed by atoms with van der Waals surface area (Å²) in [5.74, 6) is -0.0139. The normalized spacial score (nSPS) is 26.8. The van der Waals surface area contributed by atoms with E-state index in [2.05, 4.69) is 11.2 Å². The molecule has 1 aliphatic carbocycles. The molecule has 1 fully saturated rings. The third-order valence-electron chi connectivity index (χ3n) is 3.86. The van der Waals surface area contributed by atoms with Crippen molar-refractivity contribution in [3.63, 3.8) is 0 Å². The molecule has 1 N–H and O–H groups in total. The lowest BCUT2D eigenvalue weighted by Gasteiger charge is -2.32. The number of halogens is 5. The van der Waals surface area contributed by atoms with E-state index < -0.39 is 46.7 Å². The van der Waals surface area contributed by atoms with Crippen LogP contribution >= 0.6 is 0 Å². The van der Waals surface area contributed by atoms with Gasteiger partial charge < -0.3 is 10.1 Å². The van der Waals surface area contributed by atoms with E-state index in [-0.39, 0.29) is 5.92 Å². The molecule has 0 bridgehead atoms. The number of fused-ring (bicyclic) bond motifs is 1. The first-order valence-electron chi connectivity index (χ1n) is 7.22. The molecule has 128 valence electrons. The zero-order chi connectivity index (χ0) is 17.7. The van der Waals surface area contributed by atoms with Gasteiger partial charge >= 0.3 is 6.18 Å². The van der Waals surface area contributed by atoms with E-state index in [1.165, 1.54) is 0 Å². The maximum Gasteiger partial charge on any atom is 0.433 e. The zero-order valence-electron chi connectivity index (χ0n) is 12.4. The SMILES string of the molecule is C[C@H]1O[C@@](C#CC2CC2)(C(F)(F)F)c2c(ccc(F)c2F)NC1=O. The minimum absolute atomic E-state index is 0.241. The summed E-state index contributed by atoms with van der Waals surface area (Å²) in [5, 5.41) is 2.13. The lowest BCUT2D eigenvalue weighted by Crippen LogP contribution is -2.46. The molecule has 1 aromatic carbocycles. The summed E-state index contributed by atoms with van der Waals surface area (Å²) in [5.41, 5.74) is -5.08. The maximum absolute atomic E-state index is 14.3. The van der Waals surface area contributed by atoms with Crippen LogP contribution in [-0.2, 0) is 15.1 Å². The Morgan fingerprint density at radius 2 is 1.96 bits per heavy atom. The molecule has 2 atom stereocenters. The Morgan fingerprint density at radius 3 is 2.54 bits per heavy atom. The topological polar surface area (TPSA) is 38.3 Å². The minimum atomic E-state index is -5.18. The molecule has 0 saturated heterocycles. The lowest BCUT2D eigenvalue weighted by molar-refractivity contribution is -0.267. The number of ether oxygens (including phenoxy) is 1. The molecule has 1 aliphatic heterocycles. The summed E-state index contributed by atoms with van der Waals surface area (Å²) in [4.78, 5) is 11.9. The van der Waals surface area contributed by atoms with Crippen LogP contribution in [0.4, 0.5) is 27.6 Å². The van der Waals surface area contributed by atoms with Crippen LogP contribution in [0.15, 0.2) is 12.1 Å². The smallest absolute Gasteiger partial charge is 0.337 e. The Kier molecular flexibility index (Phi) is 3.79. The predicted molar refractivity (Wildman–Crippen MR) is 73.8 cm³/mol. The molecule has 8 heteroatoms. The second kappa shape index (κ2) is 5.45. The van der Waals surface area contributed by atoms with Crippen LogP contribution in [0.3, 0.4) is 0 Å². The Labute approximate surface area is 134 Å². The van der Waals surface area contributed by atoms with Gasteiger partial charge in [0.2, 0.25) is 0 Å². The van der Waals surface area contributed by atoms with Gasteiger partial charge in [-0.15, -0.1) is 0 Å². The Bertz CT molecular complexity index is 760. The monoisotopic (exact) mass is 345 g/mol. The number of alkyl halides is 3. The quantitative estimate of drug-likeness (QED) is 0.577. The van der Waals surface area contributed by atoms with E-state index in [4.69, 9.17) is 4.74 Å². The summed E-state index contributed by atoms with van der Waals surface area (Å²) in [6, 6.07) is 1.51. The van der Waals surface area contributed by atoms with Gasteiger partial charge in [0.15, 0.2) is 11.6 Å². The number of hydrogen-bond acceptors (Lipinski definition) is 2. The third-order valence-corrected chi connectivity index (χ3v) is 3.86. The summed E-state index contributed by atoms with van der Waals surface area (Å²) in [6.07, 6.45) is -5.48. The van der Waals surface area contributed by atoms with Crippen molar-refractivity contribution in [2.75, 3.05) is 5.32 Å². The molecule has 0 radical (unpaired) electrons. The molecule has 1 saturated carbocycles. The van der Waals surface area contributed by atoms with Gasteiger partial charge in [-0.25, -0.2) is 8.78 Å². The number of anilines is 1. The van der Waals surface area contributed by atoms with Gasteiger partial charge in [-0.2, -0.15) is 13.2 Å². The van der Waals surface area contributed by atoms with Gasteiger partial charge in [0.25, 0.3) is 11.5 Å². The number of nitrogens with one attached hydrogen (secondary N) is 1. The average Bonchev–Trinajstić information content (AvgIpc) is 3.30. The number of amides is 1. The van der Waals surface area contributed by atoms with E-state index in [1.807, 2.05) is 5.92 Å². The van der Waals surface area contributed by atoms with Crippen LogP contribution in [0.1, 0.15) is 25.3 Å². The summed E-state index contributed by atoms with van der Waals surface area (Å²) in [7, 11) is 0. The Morgan fingerprint density at radius 1 is 1.29 bits per heavy atom. The van der Waals surface area contributed by atoms with Gasteiger partial charge in [0.1, 0.15) is 6.10 Å². The highest BCUT2D eigenvalue weighted by molar-refractivity contribution is 5.95. The second-order valence-corrected chi connectivity index (χ2v) is 5.76. The Hall–Kier alpha value is -2.14. The summed E-state index contributed by atoms with van der Waals surface area (Å²) < 4.78 is 74.5. The minimum Gasteiger partial charge on any atom is -0.337 e. The van der Waals surface area contributed by atoms with E-state index in [1.54, 1.807) is 0 Å². The van der Waals surface area contributed by atoms with Crippen molar-refractivity contribution in [1.29, 1.82) is 0 Å². The van der Waals surface area contributed by atoms with Gasteiger partial charge in [-0.3, -0.25) is 4.79 Å². The number of carbonyl (C=O) groups is 1. The van der Waals surface area contributed by atoms with Crippen LogP contribution < -0.4 is 5.32 Å². The number of hydrogen-bond donors (Lipinski definition) is 1. The fourth-order valence-corrected chi connectivity index (χ4v) is 2.41. The zero-order valence-corrected chi connectivity index (χ0v) is 12.4. The van der Waals surface area contributed by atoms with Gasteiger partial charge in [0, 0.05) is 5.92 Å². The van der Waals surface area contributed by atoms with Gasteiger partial charge in [0.05, 0.1) is 11.3 Å². The molecular weight excluding hydrogens is 333 g/mol. The molecule has 0 aromatic heterocycles. The molecule has 1 heterocycles. The molecule has 0 unspecified atom stereocenters. The first kappa shape index (κ1) is 16.7. The highest BCUT2D eigenvalue weighted by atomic mass is 19.4. The fourth-order valence-electron chi connectivity index (χ4n) is 2.41. The van der Waals surface area contributed by atoms with Crippen LogP contribution in [-0.4, -0.2) is 18.2 Å². The van der Waals surface area contributed by atoms with Crippen molar-refractivity contribution in [3.05, 3.63) is 29.3 Å². The van der Waals surface area contributed by atoms with Crippen LogP contribution in [0.5, 0.6) is 0 Å². The molecule has 3 rings (SSSR count). The molecule has 24 heavy (non-hydrogen) atoms. The fraction of sp³-hybridized carbons (Fsp3) is 0.438. The largest absolute Gasteiger partial charge is 0.433 e. The van der Waals surface area contributed by atoms with Crippen LogP contribution in [0.25, 0.3) is 0 Å². The van der Waals surface area contributed by atoms with Crippen molar-refractivity contribution in [2.24, 2.45) is 5.92 Å². The molecule has 3 nitrogen and oxygen atoms in total. The molecule has 0 spiro atoms. The van der Waals surface area contributed by atoms with Crippen molar-refractivity contribution in [3.8, 4) is 11.8 Å². The lowest BCUT2D eigenvalue weighted by atomic mass is 9.90. The molecule has 2 aliphatic rings. The Balaban J connectivity index is 2.32. The molecule has 1 amide bonds. The summed E-state index contributed by atoms with van der Waals surface area (Å²) >= 11 is 0. The number of benzene rings is 1. The van der Waals surface area contributed by atoms with Crippen LogP contribution in [0, 0.1) is 29.4 Å². The standard InChI is InChI=1S/C16H12F5NO2/c1-8-14(23)22-11-5-4-10(17)13(18)12(11)15(24-8,16(19,20)21)7-6-9-2-3-9/h4-5,8-9H,2-3H2,1H3,(H,22,23)/t8-,15-/m1/s1. The van der Waals surface area contributed by atoms with E-state index >= 15 is 0 Å². The van der Waals surface area contributed by atoms with Gasteiger partial charge in [-0.1, -0.05) is 11.8 Å². The first-order valence-corrected chi connectivity index (χ1v) is 7.22. The predicted octanol–water partition coefficient (Wildman–Crippen LogP) is 3.49. The average molecular weight is 345 g/mol. The molecule has 1 aromatic rings. The van der Waals surface area contributed by atoms with E-state index in [0.717, 1.165) is 13.0 Å². The number of carbonyl (C=O) groups excluding carboxylic acids is 1. The second-order valence-electron chi connectivity index (χ2n) is 5.76. The van der Waals surface area contributed by atoms with Crippen molar-refractivity contribution in [1.82, 2.24) is 0 Å². The maximum atomic E-state index is 14.3.